The van der Waals surface area contributed by atoms with Crippen LogP contribution in [0.4, 0.5) is 0 Å². The molecule has 0 saturated carbocycles. The Morgan fingerprint density at radius 3 is 2.19 bits per heavy atom. The molecule has 0 saturated heterocycles. The largest absolute Gasteiger partial charge is 0.329 e. The maximum absolute atomic E-state index is 11.6. The Labute approximate surface area is 96.9 Å². The lowest BCUT2D eigenvalue weighted by molar-refractivity contribution is 0.561. The van der Waals surface area contributed by atoms with E-state index in [4.69, 9.17) is 5.73 Å². The van der Waals surface area contributed by atoms with Crippen molar-refractivity contribution in [1.29, 1.82) is 0 Å². The number of rotatable bonds is 8. The van der Waals surface area contributed by atoms with Gasteiger partial charge in [0.15, 0.2) is 0 Å². The van der Waals surface area contributed by atoms with E-state index in [0.717, 1.165) is 0 Å². The zero-order valence-corrected chi connectivity index (χ0v) is 11.1. The van der Waals surface area contributed by atoms with Crippen molar-refractivity contribution in [2.24, 2.45) is 5.73 Å². The molecule has 0 radical (unpaired) electrons. The molecule has 0 bridgehead atoms. The fraction of sp³-hybridized carbons (Fsp3) is 1.00. The van der Waals surface area contributed by atoms with Crippen molar-refractivity contribution < 1.29 is 16.8 Å². The molecular formula is C7H19N3O4S2. The van der Waals surface area contributed by atoms with Gasteiger partial charge in [-0.05, 0) is 13.5 Å². The van der Waals surface area contributed by atoms with Crippen LogP contribution in [0.1, 0.15) is 13.3 Å². The quantitative estimate of drug-likeness (QED) is 0.482. The van der Waals surface area contributed by atoms with Crippen molar-refractivity contribution in [2.45, 2.75) is 18.6 Å². The van der Waals surface area contributed by atoms with E-state index in [1.165, 1.54) is 7.05 Å². The van der Waals surface area contributed by atoms with Gasteiger partial charge in [-0.2, -0.15) is 0 Å². The minimum atomic E-state index is -3.52. The zero-order chi connectivity index (χ0) is 12.8. The van der Waals surface area contributed by atoms with Gasteiger partial charge in [-0.1, -0.05) is 6.92 Å². The topological polar surface area (TPSA) is 118 Å². The first-order chi connectivity index (χ1) is 7.29. The van der Waals surface area contributed by atoms with Crippen LogP contribution in [-0.2, 0) is 20.0 Å². The molecule has 4 N–H and O–H groups in total. The predicted molar refractivity (Wildman–Crippen MR) is 62.9 cm³/mol. The first-order valence-corrected chi connectivity index (χ1v) is 8.08. The van der Waals surface area contributed by atoms with E-state index in [1.54, 1.807) is 6.92 Å². The summed E-state index contributed by atoms with van der Waals surface area (Å²) in [6, 6.07) is 0. The second-order valence-electron chi connectivity index (χ2n) is 3.23. The molecule has 0 heterocycles. The van der Waals surface area contributed by atoms with Crippen LogP contribution in [0.5, 0.6) is 0 Å². The average molecular weight is 273 g/mol. The summed E-state index contributed by atoms with van der Waals surface area (Å²) < 4.78 is 49.5. The van der Waals surface area contributed by atoms with Crippen molar-refractivity contribution in [3.63, 3.8) is 0 Å². The van der Waals surface area contributed by atoms with E-state index in [0.29, 0.717) is 6.42 Å². The molecule has 16 heavy (non-hydrogen) atoms. The summed E-state index contributed by atoms with van der Waals surface area (Å²) in [5, 5.41) is -0.676. The molecule has 0 aromatic carbocycles. The van der Waals surface area contributed by atoms with E-state index in [1.807, 2.05) is 0 Å². The number of nitrogens with two attached hydrogens (primary N) is 1. The van der Waals surface area contributed by atoms with E-state index in [-0.39, 0.29) is 18.8 Å². The Morgan fingerprint density at radius 1 is 1.25 bits per heavy atom. The smallest absolute Gasteiger partial charge is 0.215 e. The fourth-order valence-corrected chi connectivity index (χ4v) is 3.07. The molecule has 98 valence electrons. The Bertz CT molecular complexity index is 386. The molecule has 0 aliphatic rings. The van der Waals surface area contributed by atoms with E-state index >= 15 is 0 Å². The summed E-state index contributed by atoms with van der Waals surface area (Å²) in [5.74, 6) is -0.288. The summed E-state index contributed by atoms with van der Waals surface area (Å²) in [7, 11) is -5.63. The van der Waals surface area contributed by atoms with Gasteiger partial charge in [-0.25, -0.2) is 26.3 Å². The molecular weight excluding hydrogens is 254 g/mol. The molecule has 1 unspecified atom stereocenters. The van der Waals surface area contributed by atoms with Crippen LogP contribution in [0.15, 0.2) is 0 Å². The van der Waals surface area contributed by atoms with Crippen molar-refractivity contribution in [1.82, 2.24) is 9.44 Å². The summed E-state index contributed by atoms with van der Waals surface area (Å²) in [5.41, 5.74) is 5.30. The van der Waals surface area contributed by atoms with Crippen LogP contribution in [-0.4, -0.2) is 48.0 Å². The number of hydrogen-bond donors (Lipinski definition) is 3. The first kappa shape index (κ1) is 15.8. The van der Waals surface area contributed by atoms with E-state index in [9.17, 15) is 16.8 Å². The van der Waals surface area contributed by atoms with Gasteiger partial charge >= 0.3 is 0 Å². The van der Waals surface area contributed by atoms with Gasteiger partial charge < -0.3 is 5.73 Å². The molecule has 7 nitrogen and oxygen atoms in total. The summed E-state index contributed by atoms with van der Waals surface area (Å²) in [6.45, 7) is 1.58. The predicted octanol–water partition coefficient (Wildman–Crippen LogP) is -1.81. The third kappa shape index (κ3) is 5.21. The lowest BCUT2D eigenvalue weighted by atomic mass is 10.3. The third-order valence-electron chi connectivity index (χ3n) is 2.14. The number of nitrogens with one attached hydrogen (secondary N) is 2. The normalized spacial score (nSPS) is 14.9. The minimum absolute atomic E-state index is 0.0185. The van der Waals surface area contributed by atoms with Crippen molar-refractivity contribution in [2.75, 3.05) is 25.9 Å². The summed E-state index contributed by atoms with van der Waals surface area (Å²) in [6.07, 6.45) is 0.393. The molecule has 1 atom stereocenters. The number of sulfonamides is 2. The maximum atomic E-state index is 11.6. The highest BCUT2D eigenvalue weighted by atomic mass is 32.2. The number of hydrogen-bond acceptors (Lipinski definition) is 5. The lowest BCUT2D eigenvalue weighted by Gasteiger charge is -2.14. The van der Waals surface area contributed by atoms with Crippen molar-refractivity contribution >= 4 is 20.0 Å². The highest BCUT2D eigenvalue weighted by Gasteiger charge is 2.22. The Morgan fingerprint density at radius 2 is 1.81 bits per heavy atom. The van der Waals surface area contributed by atoms with Gasteiger partial charge in [0.1, 0.15) is 0 Å². The summed E-state index contributed by atoms with van der Waals surface area (Å²) >= 11 is 0. The molecule has 0 aliphatic carbocycles. The summed E-state index contributed by atoms with van der Waals surface area (Å²) in [4.78, 5) is 0. The average Bonchev–Trinajstić information content (AvgIpc) is 2.18. The molecule has 0 spiro atoms. The third-order valence-corrected chi connectivity index (χ3v) is 5.52. The zero-order valence-electron chi connectivity index (χ0n) is 9.43. The van der Waals surface area contributed by atoms with Crippen LogP contribution in [0.25, 0.3) is 0 Å². The van der Waals surface area contributed by atoms with E-state index < -0.39 is 25.3 Å². The molecule has 0 fully saturated rings. The van der Waals surface area contributed by atoms with Gasteiger partial charge in [0, 0.05) is 13.1 Å². The van der Waals surface area contributed by atoms with Gasteiger partial charge in [0.2, 0.25) is 20.0 Å². The Hall–Kier alpha value is -0.220. The van der Waals surface area contributed by atoms with Crippen molar-refractivity contribution in [3.05, 3.63) is 0 Å². The second kappa shape index (κ2) is 6.50. The molecule has 0 aromatic heterocycles. The molecule has 0 rings (SSSR count). The van der Waals surface area contributed by atoms with E-state index in [2.05, 4.69) is 9.44 Å². The van der Waals surface area contributed by atoms with Crippen molar-refractivity contribution in [3.8, 4) is 0 Å². The highest BCUT2D eigenvalue weighted by Crippen LogP contribution is 2.01. The molecule has 0 amide bonds. The second-order valence-corrected chi connectivity index (χ2v) is 7.32. The van der Waals surface area contributed by atoms with Gasteiger partial charge in [0.25, 0.3) is 0 Å². The Kier molecular flexibility index (Phi) is 6.41. The van der Waals surface area contributed by atoms with Gasteiger partial charge in [-0.15, -0.1) is 0 Å². The van der Waals surface area contributed by atoms with Crippen LogP contribution < -0.4 is 15.2 Å². The Balaban J connectivity index is 4.31. The minimum Gasteiger partial charge on any atom is -0.329 e. The maximum Gasteiger partial charge on any atom is 0.215 e. The highest BCUT2D eigenvalue weighted by molar-refractivity contribution is 7.90. The van der Waals surface area contributed by atoms with Crippen LogP contribution in [0, 0.1) is 0 Å². The van der Waals surface area contributed by atoms with Crippen LogP contribution in [0.3, 0.4) is 0 Å². The monoisotopic (exact) mass is 273 g/mol. The molecule has 9 heteroatoms. The van der Waals surface area contributed by atoms with Gasteiger partial charge in [0.05, 0.1) is 11.0 Å². The lowest BCUT2D eigenvalue weighted by Crippen LogP contribution is -2.41. The standard InChI is InChI=1S/C7H19N3O4S2/c1-3-7(6-8)16(13,14)10-4-5-15(11,12)9-2/h7,9-10H,3-6,8H2,1-2H3. The first-order valence-electron chi connectivity index (χ1n) is 4.88. The SMILES string of the molecule is CCC(CN)S(=O)(=O)NCCS(=O)(=O)NC. The molecule has 0 aromatic rings. The van der Waals surface area contributed by atoms with Crippen LogP contribution >= 0.6 is 0 Å². The van der Waals surface area contributed by atoms with Gasteiger partial charge in [-0.3, -0.25) is 0 Å². The van der Waals surface area contributed by atoms with Crippen LogP contribution in [0.2, 0.25) is 0 Å². The molecule has 0 aliphatic heterocycles. The fourth-order valence-electron chi connectivity index (χ4n) is 1.05.